The average molecular weight is 399 g/mol. The molecule has 0 saturated carbocycles. The lowest BCUT2D eigenvalue weighted by molar-refractivity contribution is -0.121. The van der Waals surface area contributed by atoms with Crippen LogP contribution in [0.1, 0.15) is 11.3 Å². The molecule has 142 valence electrons. The molecule has 1 amide bonds. The van der Waals surface area contributed by atoms with E-state index in [4.69, 9.17) is 15.2 Å². The van der Waals surface area contributed by atoms with Crippen molar-refractivity contribution in [1.82, 2.24) is 9.88 Å². The largest absolute Gasteiger partial charge is 0.497 e. The number of rotatable bonds is 6. The Bertz CT molecular complexity index is 748. The molecule has 1 aromatic carbocycles. The van der Waals surface area contributed by atoms with E-state index < -0.39 is 0 Å². The monoisotopic (exact) mass is 398 g/mol. The molecule has 2 aromatic rings. The number of thiazole rings is 1. The van der Waals surface area contributed by atoms with Gasteiger partial charge in [-0.2, -0.15) is 0 Å². The van der Waals surface area contributed by atoms with E-state index in [0.717, 1.165) is 17.0 Å². The zero-order chi connectivity index (χ0) is 18.0. The number of likely N-dealkylation sites (N-methyl/N-ethyl adjacent to an activating group) is 1. The van der Waals surface area contributed by atoms with Crippen molar-refractivity contribution in [3.8, 4) is 11.5 Å². The molecular formula is C17H23ClN4O3S. The lowest BCUT2D eigenvalue weighted by Crippen LogP contribution is -2.39. The summed E-state index contributed by atoms with van der Waals surface area (Å²) >= 11 is 1.45. The second-order valence-corrected chi connectivity index (χ2v) is 7.09. The first-order valence-corrected chi connectivity index (χ1v) is 8.78. The molecule has 1 aliphatic rings. The highest BCUT2D eigenvalue weighted by Crippen LogP contribution is 2.32. The van der Waals surface area contributed by atoms with Crippen molar-refractivity contribution in [1.29, 1.82) is 0 Å². The number of aromatic nitrogens is 1. The van der Waals surface area contributed by atoms with E-state index >= 15 is 0 Å². The smallest absolute Gasteiger partial charge is 0.244 e. The van der Waals surface area contributed by atoms with Crippen LogP contribution in [0.3, 0.4) is 0 Å². The molecule has 26 heavy (non-hydrogen) atoms. The predicted molar refractivity (Wildman–Crippen MR) is 106 cm³/mol. The molecule has 0 spiro atoms. The Morgan fingerprint density at radius 2 is 1.96 bits per heavy atom. The van der Waals surface area contributed by atoms with Crippen molar-refractivity contribution in [3.05, 3.63) is 29.3 Å². The van der Waals surface area contributed by atoms with Gasteiger partial charge in [-0.15, -0.1) is 23.7 Å². The second-order valence-electron chi connectivity index (χ2n) is 5.95. The van der Waals surface area contributed by atoms with Crippen LogP contribution >= 0.6 is 23.7 Å². The zero-order valence-corrected chi connectivity index (χ0v) is 16.6. The number of halogens is 1. The Hall–Kier alpha value is -2.03. The first-order chi connectivity index (χ1) is 12.0. The van der Waals surface area contributed by atoms with Gasteiger partial charge < -0.3 is 20.1 Å². The molecule has 3 rings (SSSR count). The fraction of sp³-hybridized carbons (Fsp3) is 0.412. The summed E-state index contributed by atoms with van der Waals surface area (Å²) in [5.41, 5.74) is 6.47. The molecule has 1 fully saturated rings. The van der Waals surface area contributed by atoms with Crippen molar-refractivity contribution in [2.24, 2.45) is 0 Å². The minimum absolute atomic E-state index is 0. The first kappa shape index (κ1) is 20.3. The number of hydrogen-bond donors (Lipinski definition) is 1. The third-order valence-electron chi connectivity index (χ3n) is 4.33. The minimum atomic E-state index is -0.166. The zero-order valence-electron chi connectivity index (χ0n) is 15.0. The Balaban J connectivity index is 0.00000243. The van der Waals surface area contributed by atoms with E-state index in [-0.39, 0.29) is 24.4 Å². The van der Waals surface area contributed by atoms with E-state index in [1.165, 1.54) is 11.3 Å². The van der Waals surface area contributed by atoms with Gasteiger partial charge in [-0.3, -0.25) is 9.69 Å². The summed E-state index contributed by atoms with van der Waals surface area (Å²) < 4.78 is 10.6. The highest BCUT2D eigenvalue weighted by molar-refractivity contribution is 7.15. The number of carbonyl (C=O) groups is 1. The van der Waals surface area contributed by atoms with Crippen LogP contribution in [0.4, 0.5) is 10.8 Å². The number of methoxy groups -OCH3 is 2. The van der Waals surface area contributed by atoms with Crippen molar-refractivity contribution >= 4 is 40.5 Å². The Morgan fingerprint density at radius 1 is 1.31 bits per heavy atom. The van der Waals surface area contributed by atoms with Gasteiger partial charge in [0.2, 0.25) is 5.91 Å². The average Bonchev–Trinajstić information content (AvgIpc) is 3.19. The molecule has 1 aliphatic heterocycles. The number of carbonyl (C=O) groups excluding carboxylic acids is 1. The number of amides is 1. The van der Waals surface area contributed by atoms with Crippen LogP contribution in [0, 0.1) is 0 Å². The maximum Gasteiger partial charge on any atom is 0.244 e. The van der Waals surface area contributed by atoms with E-state index in [1.54, 1.807) is 31.4 Å². The van der Waals surface area contributed by atoms with Crippen LogP contribution in [0.2, 0.25) is 0 Å². The predicted octanol–water partition coefficient (Wildman–Crippen LogP) is 2.40. The van der Waals surface area contributed by atoms with Crippen LogP contribution in [-0.2, 0) is 11.3 Å². The summed E-state index contributed by atoms with van der Waals surface area (Å²) in [5, 5.41) is 0.547. The second kappa shape index (κ2) is 8.57. The summed E-state index contributed by atoms with van der Waals surface area (Å²) in [5.74, 6) is 1.41. The Labute approximate surface area is 163 Å². The lowest BCUT2D eigenvalue weighted by atomic mass is 10.2. The number of hydrogen-bond acceptors (Lipinski definition) is 7. The number of nitrogens with two attached hydrogens (primary N) is 1. The molecule has 9 heteroatoms. The number of benzene rings is 1. The quantitative estimate of drug-likeness (QED) is 0.804. The Kier molecular flexibility index (Phi) is 6.69. The van der Waals surface area contributed by atoms with E-state index in [1.807, 2.05) is 24.1 Å². The van der Waals surface area contributed by atoms with Crippen molar-refractivity contribution in [2.45, 2.75) is 19.0 Å². The summed E-state index contributed by atoms with van der Waals surface area (Å²) in [4.78, 5) is 21.9. The first-order valence-electron chi connectivity index (χ1n) is 7.96. The summed E-state index contributed by atoms with van der Waals surface area (Å²) in [6, 6.07) is 5.34. The topological polar surface area (TPSA) is 80.9 Å². The van der Waals surface area contributed by atoms with Gasteiger partial charge in [0.25, 0.3) is 0 Å². The van der Waals surface area contributed by atoms with Gasteiger partial charge in [-0.05, 0) is 13.5 Å². The number of nitrogens with zero attached hydrogens (tertiary/aromatic N) is 3. The maximum absolute atomic E-state index is 12.9. The molecular weight excluding hydrogens is 376 g/mol. The molecule has 1 saturated heterocycles. The van der Waals surface area contributed by atoms with E-state index in [0.29, 0.717) is 29.7 Å². The summed E-state index contributed by atoms with van der Waals surface area (Å²) in [6.45, 7) is 1.32. The molecule has 0 bridgehead atoms. The van der Waals surface area contributed by atoms with Gasteiger partial charge in [0.05, 0.1) is 25.9 Å². The van der Waals surface area contributed by atoms with Crippen molar-refractivity contribution in [3.63, 3.8) is 0 Å². The van der Waals surface area contributed by atoms with E-state index in [9.17, 15) is 4.79 Å². The molecule has 1 aromatic heterocycles. The molecule has 2 heterocycles. The SMILES string of the molecule is COc1cc(OC)cc(N2CCC(N(C)Cc3cnc(N)s3)C2=O)c1.Cl. The number of nitrogen functional groups attached to an aromatic ring is 1. The standard InChI is InChI=1S/C17H22N4O3S.ClH/c1-20(10-14-9-19-17(18)25-14)15-4-5-21(16(15)22)11-6-12(23-2)8-13(7-11)24-3;/h6-9,15H,4-5,10H2,1-3H3,(H2,18,19);1H. The summed E-state index contributed by atoms with van der Waals surface area (Å²) in [7, 11) is 5.15. The number of anilines is 2. The molecule has 0 radical (unpaired) electrons. The molecule has 0 aliphatic carbocycles. The number of ether oxygens (including phenoxy) is 2. The normalized spacial score (nSPS) is 16.7. The fourth-order valence-electron chi connectivity index (χ4n) is 3.03. The van der Waals surface area contributed by atoms with Crippen LogP contribution < -0.4 is 20.1 Å². The molecule has 1 atom stereocenters. The van der Waals surface area contributed by atoms with E-state index in [2.05, 4.69) is 4.98 Å². The van der Waals surface area contributed by atoms with Crippen LogP contribution in [0.5, 0.6) is 11.5 Å². The third-order valence-corrected chi connectivity index (χ3v) is 5.15. The van der Waals surface area contributed by atoms with Crippen molar-refractivity contribution in [2.75, 3.05) is 38.4 Å². The summed E-state index contributed by atoms with van der Waals surface area (Å²) in [6.07, 6.45) is 2.53. The van der Waals surface area contributed by atoms with Gasteiger partial charge in [-0.25, -0.2) is 4.98 Å². The van der Waals surface area contributed by atoms with Crippen molar-refractivity contribution < 1.29 is 14.3 Å². The lowest BCUT2D eigenvalue weighted by Gasteiger charge is -2.23. The molecule has 7 nitrogen and oxygen atoms in total. The van der Waals surface area contributed by atoms with Crippen LogP contribution in [0.15, 0.2) is 24.4 Å². The van der Waals surface area contributed by atoms with Gasteiger partial charge in [0.15, 0.2) is 5.13 Å². The molecule has 2 N–H and O–H groups in total. The minimum Gasteiger partial charge on any atom is -0.497 e. The van der Waals surface area contributed by atoms with Gasteiger partial charge in [0.1, 0.15) is 11.5 Å². The van der Waals surface area contributed by atoms with Crippen LogP contribution in [-0.4, -0.2) is 49.6 Å². The van der Waals surface area contributed by atoms with Gasteiger partial charge in [0, 0.05) is 42.4 Å². The van der Waals surface area contributed by atoms with Crippen LogP contribution in [0.25, 0.3) is 0 Å². The molecule has 1 unspecified atom stereocenters. The third kappa shape index (κ3) is 4.20. The van der Waals surface area contributed by atoms with Gasteiger partial charge >= 0.3 is 0 Å². The maximum atomic E-state index is 12.9. The highest BCUT2D eigenvalue weighted by atomic mass is 35.5. The van der Waals surface area contributed by atoms with Gasteiger partial charge in [-0.1, -0.05) is 0 Å². The fourth-order valence-corrected chi connectivity index (χ4v) is 3.78. The highest BCUT2D eigenvalue weighted by Gasteiger charge is 2.35. The Morgan fingerprint density at radius 3 is 2.50 bits per heavy atom.